The van der Waals surface area contributed by atoms with Gasteiger partial charge in [-0.25, -0.2) is 8.42 Å². The van der Waals surface area contributed by atoms with E-state index in [1.165, 1.54) is 15.6 Å². The van der Waals surface area contributed by atoms with Crippen molar-refractivity contribution in [3.63, 3.8) is 0 Å². The van der Waals surface area contributed by atoms with Gasteiger partial charge in [0.15, 0.2) is 5.79 Å². The SMILES string of the molecule is Cc1sc(-c2noc(C3CC3)n2)cc1S(=O)(=O)N1CCC2(CC1)OCCO2. The zero-order valence-corrected chi connectivity index (χ0v) is 16.6. The van der Waals surface area contributed by atoms with Crippen molar-refractivity contribution >= 4 is 21.4 Å². The van der Waals surface area contributed by atoms with Crippen molar-refractivity contribution in [2.24, 2.45) is 0 Å². The van der Waals surface area contributed by atoms with Crippen LogP contribution in [0.3, 0.4) is 0 Å². The highest BCUT2D eigenvalue weighted by Crippen LogP contribution is 2.41. The van der Waals surface area contributed by atoms with Crippen LogP contribution in [0.2, 0.25) is 0 Å². The summed E-state index contributed by atoms with van der Waals surface area (Å²) in [5.41, 5.74) is 0. The molecule has 0 unspecified atom stereocenters. The Morgan fingerprint density at radius 1 is 1.22 bits per heavy atom. The summed E-state index contributed by atoms with van der Waals surface area (Å²) in [6, 6.07) is 1.67. The first-order valence-corrected chi connectivity index (χ1v) is 11.5. The minimum Gasteiger partial charge on any atom is -0.347 e. The predicted octanol–water partition coefficient (Wildman–Crippen LogP) is 2.51. The summed E-state index contributed by atoms with van der Waals surface area (Å²) >= 11 is 1.38. The van der Waals surface area contributed by atoms with Crippen LogP contribution in [0.15, 0.2) is 15.5 Å². The fraction of sp³-hybridized carbons (Fsp3) is 0.647. The lowest BCUT2D eigenvalue weighted by atomic mass is 10.1. The van der Waals surface area contributed by atoms with E-state index in [4.69, 9.17) is 14.0 Å². The van der Waals surface area contributed by atoms with E-state index in [2.05, 4.69) is 10.1 Å². The summed E-state index contributed by atoms with van der Waals surface area (Å²) in [7, 11) is -3.58. The molecule has 2 aromatic rings. The minimum atomic E-state index is -3.58. The Balaban J connectivity index is 1.37. The van der Waals surface area contributed by atoms with Crippen LogP contribution in [-0.2, 0) is 19.5 Å². The molecule has 146 valence electrons. The van der Waals surface area contributed by atoms with E-state index in [1.54, 1.807) is 6.07 Å². The number of sulfonamides is 1. The Hall–Kier alpha value is -1.33. The highest BCUT2D eigenvalue weighted by molar-refractivity contribution is 7.89. The molecule has 1 spiro atoms. The molecular weight excluding hydrogens is 390 g/mol. The molecule has 0 radical (unpaired) electrons. The van der Waals surface area contributed by atoms with Crippen molar-refractivity contribution < 1.29 is 22.4 Å². The van der Waals surface area contributed by atoms with Crippen molar-refractivity contribution in [2.45, 2.75) is 49.2 Å². The van der Waals surface area contributed by atoms with Gasteiger partial charge in [0.1, 0.15) is 0 Å². The molecule has 27 heavy (non-hydrogen) atoms. The van der Waals surface area contributed by atoms with Crippen LogP contribution >= 0.6 is 11.3 Å². The zero-order chi connectivity index (χ0) is 18.6. The highest BCUT2D eigenvalue weighted by atomic mass is 32.2. The van der Waals surface area contributed by atoms with Gasteiger partial charge in [-0.1, -0.05) is 5.16 Å². The summed E-state index contributed by atoms with van der Waals surface area (Å²) < 4.78 is 44.5. The summed E-state index contributed by atoms with van der Waals surface area (Å²) in [6.07, 6.45) is 3.26. The van der Waals surface area contributed by atoms with Crippen molar-refractivity contribution in [1.29, 1.82) is 0 Å². The number of aryl methyl sites for hydroxylation is 1. The number of hydrogen-bond donors (Lipinski definition) is 0. The third-order valence-corrected chi connectivity index (χ3v) is 8.58. The Morgan fingerprint density at radius 2 is 1.93 bits per heavy atom. The monoisotopic (exact) mass is 411 g/mol. The molecule has 1 saturated carbocycles. The average molecular weight is 412 g/mol. The highest BCUT2D eigenvalue weighted by Gasteiger charge is 2.43. The summed E-state index contributed by atoms with van der Waals surface area (Å²) in [5.74, 6) is 0.899. The molecule has 10 heteroatoms. The summed E-state index contributed by atoms with van der Waals surface area (Å²) in [6.45, 7) is 3.75. The maximum absolute atomic E-state index is 13.2. The van der Waals surface area contributed by atoms with Crippen LogP contribution in [0.5, 0.6) is 0 Å². The van der Waals surface area contributed by atoms with Crippen LogP contribution in [0.4, 0.5) is 0 Å². The van der Waals surface area contributed by atoms with Gasteiger partial charge in [0, 0.05) is 36.7 Å². The maximum Gasteiger partial charge on any atom is 0.244 e. The number of rotatable bonds is 4. The number of hydrogen-bond acceptors (Lipinski definition) is 8. The molecule has 8 nitrogen and oxygen atoms in total. The van der Waals surface area contributed by atoms with Crippen LogP contribution in [-0.4, -0.2) is 55.0 Å². The Labute approximate surface area is 161 Å². The molecule has 0 atom stereocenters. The fourth-order valence-corrected chi connectivity index (χ4v) is 6.58. The van der Waals surface area contributed by atoms with Gasteiger partial charge in [0.25, 0.3) is 0 Å². The zero-order valence-electron chi connectivity index (χ0n) is 15.0. The summed E-state index contributed by atoms with van der Waals surface area (Å²) in [4.78, 5) is 6.21. The fourth-order valence-electron chi connectivity index (χ4n) is 3.66. The molecule has 1 aliphatic carbocycles. The van der Waals surface area contributed by atoms with Gasteiger partial charge in [-0.05, 0) is 25.8 Å². The van der Waals surface area contributed by atoms with Crippen LogP contribution in [0.25, 0.3) is 10.7 Å². The van der Waals surface area contributed by atoms with Crippen molar-refractivity contribution in [3.05, 3.63) is 16.8 Å². The normalized spacial score (nSPS) is 23.3. The first-order valence-electron chi connectivity index (χ1n) is 9.19. The molecule has 0 bridgehead atoms. The van der Waals surface area contributed by atoms with E-state index in [-0.39, 0.29) is 0 Å². The second-order valence-electron chi connectivity index (χ2n) is 7.27. The Morgan fingerprint density at radius 3 is 2.59 bits per heavy atom. The molecule has 2 aliphatic heterocycles. The van der Waals surface area contributed by atoms with Crippen molar-refractivity contribution in [2.75, 3.05) is 26.3 Å². The largest absolute Gasteiger partial charge is 0.347 e. The number of ether oxygens (including phenoxy) is 2. The first kappa shape index (κ1) is 17.7. The minimum absolute atomic E-state index is 0.324. The number of nitrogens with zero attached hydrogens (tertiary/aromatic N) is 3. The van der Waals surface area contributed by atoms with Gasteiger partial charge in [0.2, 0.25) is 21.7 Å². The van der Waals surface area contributed by atoms with E-state index in [0.717, 1.165) is 22.6 Å². The topological polar surface area (TPSA) is 94.8 Å². The maximum atomic E-state index is 13.2. The summed E-state index contributed by atoms with van der Waals surface area (Å²) in [5, 5.41) is 4.03. The standard InChI is InChI=1S/C17H21N3O5S2/c1-11-14(10-13(26-11)15-18-16(25-19-15)12-2-3-12)27(21,22)20-6-4-17(5-7-20)23-8-9-24-17/h10,12H,2-9H2,1H3. The smallest absolute Gasteiger partial charge is 0.244 e. The lowest BCUT2D eigenvalue weighted by molar-refractivity contribution is -0.179. The number of aromatic nitrogens is 2. The van der Waals surface area contributed by atoms with Gasteiger partial charge < -0.3 is 14.0 Å². The third-order valence-electron chi connectivity index (χ3n) is 5.38. The molecule has 0 aromatic carbocycles. The molecule has 3 aliphatic rings. The molecule has 0 N–H and O–H groups in total. The van der Waals surface area contributed by atoms with Crippen LogP contribution < -0.4 is 0 Å². The molecule has 5 rings (SSSR count). The molecule has 0 amide bonds. The van der Waals surface area contributed by atoms with Crippen molar-refractivity contribution in [3.8, 4) is 10.7 Å². The molecule has 3 fully saturated rings. The van der Waals surface area contributed by atoms with Gasteiger partial charge in [-0.2, -0.15) is 9.29 Å². The first-order chi connectivity index (χ1) is 13.0. The second kappa shape index (κ2) is 6.35. The van der Waals surface area contributed by atoms with Gasteiger partial charge in [-0.3, -0.25) is 0 Å². The molecule has 2 aromatic heterocycles. The molecular formula is C17H21N3O5S2. The average Bonchev–Trinajstić information content (AvgIpc) is 3.05. The third kappa shape index (κ3) is 3.13. The lowest BCUT2D eigenvalue weighted by Crippen LogP contribution is -2.47. The van der Waals surface area contributed by atoms with Crippen LogP contribution in [0.1, 0.15) is 42.4 Å². The number of thiophene rings is 1. The second-order valence-corrected chi connectivity index (χ2v) is 10.4. The van der Waals surface area contributed by atoms with Crippen molar-refractivity contribution in [1.82, 2.24) is 14.4 Å². The lowest BCUT2D eigenvalue weighted by Gasteiger charge is -2.36. The van der Waals surface area contributed by atoms with Crippen LogP contribution in [0, 0.1) is 6.92 Å². The molecule has 2 saturated heterocycles. The molecule has 4 heterocycles. The Bertz CT molecular complexity index is 947. The number of piperidine rings is 1. The van der Waals surface area contributed by atoms with Gasteiger partial charge in [0.05, 0.1) is 23.0 Å². The predicted molar refractivity (Wildman–Crippen MR) is 97.0 cm³/mol. The van der Waals surface area contributed by atoms with E-state index in [1.807, 2.05) is 6.92 Å². The quantitative estimate of drug-likeness (QED) is 0.763. The Kier molecular flexibility index (Phi) is 4.17. The van der Waals surface area contributed by atoms with Gasteiger partial charge >= 0.3 is 0 Å². The van der Waals surface area contributed by atoms with E-state index in [0.29, 0.717) is 61.7 Å². The van der Waals surface area contributed by atoms with E-state index in [9.17, 15) is 8.42 Å². The van der Waals surface area contributed by atoms with E-state index < -0.39 is 15.8 Å². The van der Waals surface area contributed by atoms with E-state index >= 15 is 0 Å². The van der Waals surface area contributed by atoms with Gasteiger partial charge in [-0.15, -0.1) is 11.3 Å².